The van der Waals surface area contributed by atoms with Gasteiger partial charge in [-0.25, -0.2) is 4.98 Å². The zero-order valence-electron chi connectivity index (χ0n) is 13.0. The normalized spacial score (nSPS) is 16.1. The lowest BCUT2D eigenvalue weighted by atomic mass is 10.3. The van der Waals surface area contributed by atoms with E-state index in [1.54, 1.807) is 18.3 Å². The number of hydroxylamine groups is 1. The number of fused-ring (bicyclic) bond motifs is 1. The van der Waals surface area contributed by atoms with E-state index in [1.165, 1.54) is 30.6 Å². The molecule has 0 bridgehead atoms. The van der Waals surface area contributed by atoms with E-state index in [2.05, 4.69) is 38.0 Å². The fourth-order valence-electron chi connectivity index (χ4n) is 2.75. The van der Waals surface area contributed by atoms with Gasteiger partial charge in [-0.05, 0) is 63.0 Å². The van der Waals surface area contributed by atoms with Gasteiger partial charge >= 0.3 is 0 Å². The van der Waals surface area contributed by atoms with Gasteiger partial charge in [0.1, 0.15) is 0 Å². The van der Waals surface area contributed by atoms with Gasteiger partial charge in [0.25, 0.3) is 0 Å². The first kappa shape index (κ1) is 15.8. The van der Waals surface area contributed by atoms with Crippen LogP contribution in [0.1, 0.15) is 32.1 Å². The molecule has 3 rings (SSSR count). The van der Waals surface area contributed by atoms with Crippen LogP contribution in [0, 0.1) is 0 Å². The molecule has 1 fully saturated rings. The Morgan fingerprint density at radius 1 is 1.41 bits per heavy atom. The van der Waals surface area contributed by atoms with E-state index < -0.39 is 0 Å². The smallest absolute Gasteiger partial charge is 0.0931 e. The average molecular weight is 320 g/mol. The van der Waals surface area contributed by atoms with Gasteiger partial charge in [0.15, 0.2) is 0 Å². The minimum atomic E-state index is 0.387. The fraction of sp³-hybridized carbons (Fsp3) is 0.562. The lowest BCUT2D eigenvalue weighted by Crippen LogP contribution is -2.25. The van der Waals surface area contributed by atoms with Gasteiger partial charge in [-0.3, -0.25) is 4.84 Å². The molecule has 2 N–H and O–H groups in total. The van der Waals surface area contributed by atoms with Crippen molar-refractivity contribution in [3.8, 4) is 0 Å². The van der Waals surface area contributed by atoms with Crippen molar-refractivity contribution in [2.75, 3.05) is 20.1 Å². The highest BCUT2D eigenvalue weighted by Crippen LogP contribution is 2.29. The molecule has 1 aromatic carbocycles. The van der Waals surface area contributed by atoms with Crippen LogP contribution in [0.15, 0.2) is 29.4 Å². The molecule has 0 atom stereocenters. The molecule has 0 unspecified atom stereocenters. The molecule has 120 valence electrons. The highest BCUT2D eigenvalue weighted by atomic mass is 32.2. The summed E-state index contributed by atoms with van der Waals surface area (Å²) in [5.41, 5.74) is 2.07. The second-order valence-corrected chi connectivity index (χ2v) is 6.76. The Morgan fingerprint density at radius 3 is 3.09 bits per heavy atom. The van der Waals surface area contributed by atoms with Crippen LogP contribution in [-0.4, -0.2) is 40.7 Å². The Hall–Kier alpha value is -1.08. The number of nitrogens with zero attached hydrogens (tertiary/aromatic N) is 2. The summed E-state index contributed by atoms with van der Waals surface area (Å²) < 4.78 is 2.06. The van der Waals surface area contributed by atoms with Gasteiger partial charge in [0, 0.05) is 11.4 Å². The Kier molecular flexibility index (Phi) is 5.72. The van der Waals surface area contributed by atoms with Crippen LogP contribution in [0.3, 0.4) is 0 Å². The van der Waals surface area contributed by atoms with Crippen LogP contribution < -0.4 is 5.32 Å². The molecule has 2 aromatic rings. The van der Waals surface area contributed by atoms with Crippen molar-refractivity contribution in [3.05, 3.63) is 24.5 Å². The maximum atomic E-state index is 6.20. The summed E-state index contributed by atoms with van der Waals surface area (Å²) in [7, 11) is 1.99. The number of hydrogen-bond donors (Lipinski definition) is 2. The number of nitrogens with one attached hydrogen (secondary N) is 2. The minimum Gasteiger partial charge on any atom is -0.345 e. The summed E-state index contributed by atoms with van der Waals surface area (Å²) in [5.74, 6) is 0. The van der Waals surface area contributed by atoms with Crippen LogP contribution in [-0.2, 0) is 4.84 Å². The Bertz CT molecular complexity index is 582. The monoisotopic (exact) mass is 320 g/mol. The van der Waals surface area contributed by atoms with E-state index in [4.69, 9.17) is 4.84 Å². The molecule has 6 heteroatoms. The van der Waals surface area contributed by atoms with E-state index in [0.29, 0.717) is 6.10 Å². The summed E-state index contributed by atoms with van der Waals surface area (Å²) >= 11 is 1.68. The molecule has 1 aliphatic rings. The molecule has 0 aliphatic heterocycles. The topological polar surface area (TPSA) is 53.2 Å². The largest absolute Gasteiger partial charge is 0.345 e. The molecule has 0 spiro atoms. The Balaban J connectivity index is 1.63. The number of benzene rings is 1. The van der Waals surface area contributed by atoms with Crippen molar-refractivity contribution >= 4 is 23.0 Å². The van der Waals surface area contributed by atoms with Crippen molar-refractivity contribution in [2.24, 2.45) is 0 Å². The van der Waals surface area contributed by atoms with Gasteiger partial charge in [-0.15, -0.1) is 4.47 Å². The van der Waals surface area contributed by atoms with Crippen LogP contribution in [0.4, 0.5) is 0 Å². The second kappa shape index (κ2) is 7.97. The Labute approximate surface area is 135 Å². The second-order valence-electron chi connectivity index (χ2n) is 5.70. The zero-order valence-corrected chi connectivity index (χ0v) is 13.9. The third kappa shape index (κ3) is 4.23. The maximum Gasteiger partial charge on any atom is 0.0931 e. The molecule has 1 aliphatic carbocycles. The lowest BCUT2D eigenvalue weighted by Gasteiger charge is -2.24. The van der Waals surface area contributed by atoms with Crippen molar-refractivity contribution in [1.29, 1.82) is 0 Å². The van der Waals surface area contributed by atoms with Crippen molar-refractivity contribution in [3.63, 3.8) is 0 Å². The average Bonchev–Trinajstić information content (AvgIpc) is 3.18. The summed E-state index contributed by atoms with van der Waals surface area (Å²) in [6, 6.07) is 6.29. The third-order valence-corrected chi connectivity index (χ3v) is 4.87. The first-order chi connectivity index (χ1) is 10.8. The van der Waals surface area contributed by atoms with Crippen LogP contribution in [0.5, 0.6) is 0 Å². The standard InChI is InChI=1S/C16H24N4OS/c1-17-9-4-10-20(21-13-5-2-3-6-13)22-14-7-8-15-16(11-14)19-12-18-15/h7-8,11-13,17H,2-6,9-10H2,1H3,(H,18,19). The Morgan fingerprint density at radius 2 is 2.27 bits per heavy atom. The quantitative estimate of drug-likeness (QED) is 0.444. The summed E-state index contributed by atoms with van der Waals surface area (Å²) in [6.07, 6.45) is 8.14. The summed E-state index contributed by atoms with van der Waals surface area (Å²) in [6.45, 7) is 1.92. The zero-order chi connectivity index (χ0) is 15.2. The van der Waals surface area contributed by atoms with E-state index in [-0.39, 0.29) is 0 Å². The van der Waals surface area contributed by atoms with E-state index in [9.17, 15) is 0 Å². The first-order valence-corrected chi connectivity index (χ1v) is 8.82. The van der Waals surface area contributed by atoms with E-state index >= 15 is 0 Å². The van der Waals surface area contributed by atoms with Gasteiger partial charge in [-0.1, -0.05) is 12.8 Å². The van der Waals surface area contributed by atoms with Crippen molar-refractivity contribution in [2.45, 2.75) is 43.1 Å². The van der Waals surface area contributed by atoms with Crippen LogP contribution in [0.25, 0.3) is 11.0 Å². The van der Waals surface area contributed by atoms with Gasteiger partial charge in [-0.2, -0.15) is 0 Å². The highest BCUT2D eigenvalue weighted by molar-refractivity contribution is 7.96. The first-order valence-electron chi connectivity index (χ1n) is 8.05. The SMILES string of the molecule is CNCCCN(OC1CCCC1)Sc1ccc2nc[nH]c2c1. The minimum absolute atomic E-state index is 0.387. The third-order valence-electron chi connectivity index (χ3n) is 3.94. The predicted molar refractivity (Wildman–Crippen MR) is 90.5 cm³/mol. The van der Waals surface area contributed by atoms with Crippen molar-refractivity contribution in [1.82, 2.24) is 19.8 Å². The molecule has 22 heavy (non-hydrogen) atoms. The summed E-state index contributed by atoms with van der Waals surface area (Å²) in [4.78, 5) is 14.8. The van der Waals surface area contributed by atoms with Gasteiger partial charge in [0.2, 0.25) is 0 Å². The van der Waals surface area contributed by atoms with Crippen LogP contribution >= 0.6 is 11.9 Å². The molecule has 1 aromatic heterocycles. The molecular weight excluding hydrogens is 296 g/mol. The molecule has 0 saturated heterocycles. The van der Waals surface area contributed by atoms with Gasteiger partial charge in [0.05, 0.1) is 23.5 Å². The summed E-state index contributed by atoms with van der Waals surface area (Å²) in [5, 5.41) is 3.20. The fourth-order valence-corrected chi connectivity index (χ4v) is 3.67. The highest BCUT2D eigenvalue weighted by Gasteiger charge is 2.20. The number of H-pyrrole nitrogens is 1. The number of rotatable bonds is 8. The number of imidazole rings is 1. The molecule has 1 heterocycles. The molecule has 1 saturated carbocycles. The van der Waals surface area contributed by atoms with E-state index in [0.717, 1.165) is 30.5 Å². The van der Waals surface area contributed by atoms with E-state index in [1.807, 2.05) is 7.05 Å². The molecular formula is C16H24N4OS. The predicted octanol–water partition coefficient (Wildman–Crippen LogP) is 3.36. The molecule has 0 amide bonds. The number of hydrogen-bond acceptors (Lipinski definition) is 5. The van der Waals surface area contributed by atoms with Gasteiger partial charge < -0.3 is 10.3 Å². The molecule has 5 nitrogen and oxygen atoms in total. The van der Waals surface area contributed by atoms with Crippen molar-refractivity contribution < 1.29 is 4.84 Å². The maximum absolute atomic E-state index is 6.20. The number of aromatic nitrogens is 2. The molecule has 0 radical (unpaired) electrons. The number of aromatic amines is 1. The van der Waals surface area contributed by atoms with Crippen LogP contribution in [0.2, 0.25) is 0 Å². The lowest BCUT2D eigenvalue weighted by molar-refractivity contribution is -0.122.